The minimum absolute atomic E-state index is 0.189. The molecule has 1 saturated carbocycles. The molecule has 0 aromatic heterocycles. The Morgan fingerprint density at radius 1 is 1.35 bits per heavy atom. The maximum absolute atomic E-state index is 10.1. The summed E-state index contributed by atoms with van der Waals surface area (Å²) in [5.74, 6) is 1.86. The van der Waals surface area contributed by atoms with E-state index in [4.69, 9.17) is 5.11 Å². The Morgan fingerprint density at radius 2 is 2.06 bits per heavy atom. The van der Waals surface area contributed by atoms with E-state index in [2.05, 4.69) is 13.8 Å². The van der Waals surface area contributed by atoms with Gasteiger partial charge in [-0.15, -0.1) is 0 Å². The summed E-state index contributed by atoms with van der Waals surface area (Å²) in [5.41, 5.74) is 0. The molecule has 0 aromatic rings. The first kappa shape index (κ1) is 15.3. The van der Waals surface area contributed by atoms with E-state index in [0.717, 1.165) is 12.8 Å². The van der Waals surface area contributed by atoms with Crippen molar-refractivity contribution in [2.24, 2.45) is 11.8 Å². The number of hydrogen-bond donors (Lipinski definition) is 3. The summed E-state index contributed by atoms with van der Waals surface area (Å²) in [6.07, 6.45) is 3.37. The van der Waals surface area contributed by atoms with Crippen molar-refractivity contribution in [1.29, 1.82) is 0 Å². The average molecular weight is 262 g/mol. The first-order valence-corrected chi connectivity index (χ1v) is 7.71. The number of aliphatic hydroxyl groups is 3. The molecule has 1 aliphatic carbocycles. The molecule has 0 saturated heterocycles. The molecule has 5 unspecified atom stereocenters. The molecule has 5 atom stereocenters. The zero-order valence-corrected chi connectivity index (χ0v) is 11.7. The SMILES string of the molecule is CCC(C)C1CCC(SCC(O)CO)C(O)C1. The van der Waals surface area contributed by atoms with Crippen LogP contribution in [0.2, 0.25) is 0 Å². The van der Waals surface area contributed by atoms with Crippen LogP contribution in [0.3, 0.4) is 0 Å². The monoisotopic (exact) mass is 262 g/mol. The standard InChI is InChI=1S/C13H26O3S/c1-3-9(2)10-4-5-13(12(16)6-10)17-8-11(15)7-14/h9-16H,3-8H2,1-2H3. The molecule has 0 heterocycles. The van der Waals surface area contributed by atoms with Gasteiger partial charge in [0.15, 0.2) is 0 Å². The molecule has 0 aliphatic heterocycles. The van der Waals surface area contributed by atoms with E-state index in [1.54, 1.807) is 11.8 Å². The van der Waals surface area contributed by atoms with E-state index < -0.39 is 6.10 Å². The highest BCUT2D eigenvalue weighted by atomic mass is 32.2. The van der Waals surface area contributed by atoms with Crippen LogP contribution in [-0.2, 0) is 0 Å². The molecule has 3 nitrogen and oxygen atoms in total. The smallest absolute Gasteiger partial charge is 0.0861 e. The van der Waals surface area contributed by atoms with Crippen LogP contribution in [0, 0.1) is 11.8 Å². The minimum Gasteiger partial charge on any atom is -0.394 e. The van der Waals surface area contributed by atoms with Crippen molar-refractivity contribution in [1.82, 2.24) is 0 Å². The predicted molar refractivity (Wildman–Crippen MR) is 72.1 cm³/mol. The van der Waals surface area contributed by atoms with Gasteiger partial charge in [0.25, 0.3) is 0 Å². The zero-order valence-electron chi connectivity index (χ0n) is 10.9. The van der Waals surface area contributed by atoms with Crippen LogP contribution in [0.1, 0.15) is 39.5 Å². The molecule has 0 amide bonds. The fraction of sp³-hybridized carbons (Fsp3) is 1.00. The Balaban J connectivity index is 2.32. The summed E-state index contributed by atoms with van der Waals surface area (Å²) in [4.78, 5) is 0. The number of aliphatic hydroxyl groups excluding tert-OH is 3. The Bertz CT molecular complexity index is 213. The van der Waals surface area contributed by atoms with E-state index in [-0.39, 0.29) is 18.0 Å². The molecule has 0 bridgehead atoms. The van der Waals surface area contributed by atoms with Gasteiger partial charge in [-0.1, -0.05) is 20.3 Å². The minimum atomic E-state index is -0.653. The summed E-state index contributed by atoms with van der Waals surface area (Å²) in [5, 5.41) is 28.4. The lowest BCUT2D eigenvalue weighted by Gasteiger charge is -2.35. The number of hydrogen-bond acceptors (Lipinski definition) is 4. The van der Waals surface area contributed by atoms with Crippen molar-refractivity contribution >= 4 is 11.8 Å². The van der Waals surface area contributed by atoms with Crippen molar-refractivity contribution < 1.29 is 15.3 Å². The molecule has 0 radical (unpaired) electrons. The Kier molecular flexibility index (Phi) is 6.85. The van der Waals surface area contributed by atoms with E-state index in [0.29, 0.717) is 17.6 Å². The van der Waals surface area contributed by atoms with Crippen LogP contribution in [0.4, 0.5) is 0 Å². The van der Waals surface area contributed by atoms with Gasteiger partial charge in [0.2, 0.25) is 0 Å². The van der Waals surface area contributed by atoms with E-state index in [9.17, 15) is 10.2 Å². The lowest BCUT2D eigenvalue weighted by atomic mass is 9.78. The molecule has 1 rings (SSSR count). The molecular weight excluding hydrogens is 236 g/mol. The van der Waals surface area contributed by atoms with Gasteiger partial charge in [0, 0.05) is 11.0 Å². The maximum Gasteiger partial charge on any atom is 0.0861 e. The molecule has 102 valence electrons. The highest BCUT2D eigenvalue weighted by molar-refractivity contribution is 8.00. The second-order valence-electron chi connectivity index (χ2n) is 5.23. The van der Waals surface area contributed by atoms with Crippen molar-refractivity contribution in [2.75, 3.05) is 12.4 Å². The lowest BCUT2D eigenvalue weighted by molar-refractivity contribution is 0.0866. The summed E-state index contributed by atoms with van der Waals surface area (Å²) in [6.45, 7) is 4.28. The molecule has 0 spiro atoms. The van der Waals surface area contributed by atoms with Gasteiger partial charge in [-0.3, -0.25) is 0 Å². The normalized spacial score (nSPS) is 33.4. The van der Waals surface area contributed by atoms with E-state index in [1.165, 1.54) is 12.8 Å². The number of rotatable bonds is 6. The largest absolute Gasteiger partial charge is 0.394 e. The predicted octanol–water partition coefficient (Wildman–Crippen LogP) is 1.65. The highest BCUT2D eigenvalue weighted by Crippen LogP contribution is 2.36. The van der Waals surface area contributed by atoms with Crippen LogP contribution < -0.4 is 0 Å². The Labute approximate surface area is 109 Å². The van der Waals surface area contributed by atoms with Crippen LogP contribution in [0.5, 0.6) is 0 Å². The average Bonchev–Trinajstić information content (AvgIpc) is 2.35. The third-order valence-corrected chi connectivity index (χ3v) is 5.51. The van der Waals surface area contributed by atoms with Crippen molar-refractivity contribution in [3.8, 4) is 0 Å². The summed E-state index contributed by atoms with van der Waals surface area (Å²) < 4.78 is 0. The molecule has 3 N–H and O–H groups in total. The van der Waals surface area contributed by atoms with Crippen molar-refractivity contribution in [3.63, 3.8) is 0 Å². The summed E-state index contributed by atoms with van der Waals surface area (Å²) in [6, 6.07) is 0. The van der Waals surface area contributed by atoms with Gasteiger partial charge in [0.1, 0.15) is 0 Å². The molecule has 17 heavy (non-hydrogen) atoms. The van der Waals surface area contributed by atoms with Crippen LogP contribution in [0.25, 0.3) is 0 Å². The first-order chi connectivity index (χ1) is 8.08. The van der Waals surface area contributed by atoms with Crippen LogP contribution >= 0.6 is 11.8 Å². The third-order valence-electron chi connectivity index (χ3n) is 3.96. The highest BCUT2D eigenvalue weighted by Gasteiger charge is 2.31. The molecule has 1 aliphatic rings. The Morgan fingerprint density at radius 3 is 2.59 bits per heavy atom. The fourth-order valence-corrected chi connectivity index (χ4v) is 3.69. The second kappa shape index (κ2) is 7.62. The van der Waals surface area contributed by atoms with E-state index >= 15 is 0 Å². The molecule has 1 fully saturated rings. The van der Waals surface area contributed by atoms with Crippen LogP contribution in [-0.4, -0.2) is 45.1 Å². The van der Waals surface area contributed by atoms with Gasteiger partial charge in [0.05, 0.1) is 18.8 Å². The fourth-order valence-electron chi connectivity index (χ4n) is 2.48. The Hall–Kier alpha value is 0.230. The zero-order chi connectivity index (χ0) is 12.8. The van der Waals surface area contributed by atoms with E-state index in [1.807, 2.05) is 0 Å². The van der Waals surface area contributed by atoms with Crippen LogP contribution in [0.15, 0.2) is 0 Å². The quantitative estimate of drug-likeness (QED) is 0.681. The first-order valence-electron chi connectivity index (χ1n) is 6.67. The lowest BCUT2D eigenvalue weighted by Crippen LogP contribution is -2.35. The summed E-state index contributed by atoms with van der Waals surface area (Å²) in [7, 11) is 0. The maximum atomic E-state index is 10.1. The molecular formula is C13H26O3S. The van der Waals surface area contributed by atoms with Gasteiger partial charge >= 0.3 is 0 Å². The molecule has 4 heteroatoms. The number of thioether (sulfide) groups is 1. The van der Waals surface area contributed by atoms with Gasteiger partial charge < -0.3 is 15.3 Å². The van der Waals surface area contributed by atoms with Gasteiger partial charge in [-0.2, -0.15) is 11.8 Å². The summed E-state index contributed by atoms with van der Waals surface area (Å²) >= 11 is 1.60. The van der Waals surface area contributed by atoms with Gasteiger partial charge in [-0.25, -0.2) is 0 Å². The van der Waals surface area contributed by atoms with Crippen molar-refractivity contribution in [3.05, 3.63) is 0 Å². The van der Waals surface area contributed by atoms with Crippen molar-refractivity contribution in [2.45, 2.75) is 57.0 Å². The third kappa shape index (κ3) is 4.78. The van der Waals surface area contributed by atoms with Gasteiger partial charge in [-0.05, 0) is 31.1 Å². The second-order valence-corrected chi connectivity index (χ2v) is 6.51. The topological polar surface area (TPSA) is 60.7 Å². The molecule has 0 aromatic carbocycles.